The molecule has 1 aromatic rings. The van der Waals surface area contributed by atoms with Gasteiger partial charge in [0, 0.05) is 23.7 Å². The number of thioether (sulfide) groups is 1. The van der Waals surface area contributed by atoms with Crippen molar-refractivity contribution in [2.24, 2.45) is 0 Å². The molecular formula is C11H17N3S. The van der Waals surface area contributed by atoms with Crippen molar-refractivity contribution in [3.05, 3.63) is 18.6 Å². The molecule has 3 nitrogen and oxygen atoms in total. The molecule has 0 spiro atoms. The van der Waals surface area contributed by atoms with Crippen LogP contribution in [0.3, 0.4) is 0 Å². The molecule has 1 aromatic heterocycles. The van der Waals surface area contributed by atoms with Gasteiger partial charge in [-0.05, 0) is 19.1 Å². The van der Waals surface area contributed by atoms with Gasteiger partial charge in [0.2, 0.25) is 0 Å². The quantitative estimate of drug-likeness (QED) is 0.851. The largest absolute Gasteiger partial charge is 0.367 e. The van der Waals surface area contributed by atoms with Gasteiger partial charge < -0.3 is 5.32 Å². The van der Waals surface area contributed by atoms with E-state index < -0.39 is 0 Å². The average Bonchev–Trinajstić information content (AvgIpc) is 2.77. The molecule has 0 amide bonds. The van der Waals surface area contributed by atoms with Crippen molar-refractivity contribution in [2.45, 2.75) is 30.4 Å². The number of nitrogens with one attached hydrogen (secondary N) is 1. The van der Waals surface area contributed by atoms with E-state index >= 15 is 0 Å². The summed E-state index contributed by atoms with van der Waals surface area (Å²) in [6.45, 7) is 1.01. The standard InChI is InChI=1S/C11H17N3S/c1-15-11(4-2-3-5-11)9-14-10-8-12-6-7-13-10/h6-8H,2-5,9H2,1H3,(H,13,14). The first-order chi connectivity index (χ1) is 7.35. The number of nitrogens with zero attached hydrogens (tertiary/aromatic N) is 2. The first-order valence-corrected chi connectivity index (χ1v) is 6.62. The molecule has 0 atom stereocenters. The molecule has 1 N–H and O–H groups in total. The SMILES string of the molecule is CSC1(CNc2cnccn2)CCCC1. The van der Waals surface area contributed by atoms with Crippen LogP contribution in [0.25, 0.3) is 0 Å². The summed E-state index contributed by atoms with van der Waals surface area (Å²) in [6.07, 6.45) is 12.8. The van der Waals surface area contributed by atoms with E-state index in [4.69, 9.17) is 0 Å². The van der Waals surface area contributed by atoms with Gasteiger partial charge in [-0.3, -0.25) is 4.98 Å². The molecule has 0 radical (unpaired) electrons. The van der Waals surface area contributed by atoms with Crippen LogP contribution in [0.5, 0.6) is 0 Å². The Morgan fingerprint density at radius 2 is 2.20 bits per heavy atom. The topological polar surface area (TPSA) is 37.8 Å². The fourth-order valence-electron chi connectivity index (χ4n) is 2.11. The van der Waals surface area contributed by atoms with E-state index in [2.05, 4.69) is 21.5 Å². The van der Waals surface area contributed by atoms with Gasteiger partial charge in [0.15, 0.2) is 0 Å². The van der Waals surface area contributed by atoms with E-state index in [0.717, 1.165) is 12.4 Å². The molecule has 15 heavy (non-hydrogen) atoms. The molecule has 0 saturated heterocycles. The van der Waals surface area contributed by atoms with E-state index in [1.807, 2.05) is 11.8 Å². The third kappa shape index (κ3) is 2.62. The van der Waals surface area contributed by atoms with Crippen LogP contribution in [0.15, 0.2) is 18.6 Å². The Kier molecular flexibility index (Phi) is 3.46. The molecule has 4 heteroatoms. The Hall–Kier alpha value is -0.770. The lowest BCUT2D eigenvalue weighted by atomic mass is 10.1. The van der Waals surface area contributed by atoms with Gasteiger partial charge in [0.05, 0.1) is 6.20 Å². The molecule has 1 heterocycles. The first-order valence-electron chi connectivity index (χ1n) is 5.40. The van der Waals surface area contributed by atoms with Crippen LogP contribution in [-0.2, 0) is 0 Å². The highest BCUT2D eigenvalue weighted by Crippen LogP contribution is 2.40. The van der Waals surface area contributed by atoms with Gasteiger partial charge in [-0.2, -0.15) is 11.8 Å². The number of anilines is 1. The van der Waals surface area contributed by atoms with Gasteiger partial charge in [0.1, 0.15) is 5.82 Å². The van der Waals surface area contributed by atoms with Crippen LogP contribution in [0.4, 0.5) is 5.82 Å². The minimum absolute atomic E-state index is 0.428. The number of hydrogen-bond acceptors (Lipinski definition) is 4. The van der Waals surface area contributed by atoms with E-state index in [1.165, 1.54) is 25.7 Å². The monoisotopic (exact) mass is 223 g/mol. The summed E-state index contributed by atoms with van der Waals surface area (Å²) in [5, 5.41) is 3.38. The lowest BCUT2D eigenvalue weighted by molar-refractivity contribution is 0.638. The molecule has 1 saturated carbocycles. The fraction of sp³-hybridized carbons (Fsp3) is 0.636. The molecule has 0 aliphatic heterocycles. The lowest BCUT2D eigenvalue weighted by Gasteiger charge is -2.27. The smallest absolute Gasteiger partial charge is 0.144 e. The third-order valence-corrected chi connectivity index (χ3v) is 4.52. The second-order valence-electron chi connectivity index (χ2n) is 4.04. The maximum absolute atomic E-state index is 4.22. The van der Waals surface area contributed by atoms with Gasteiger partial charge in [-0.1, -0.05) is 12.8 Å². The third-order valence-electron chi connectivity index (χ3n) is 3.10. The second-order valence-corrected chi connectivity index (χ2v) is 5.31. The minimum atomic E-state index is 0.428. The van der Waals surface area contributed by atoms with Gasteiger partial charge in [-0.25, -0.2) is 4.98 Å². The maximum Gasteiger partial charge on any atom is 0.144 e. The summed E-state index contributed by atoms with van der Waals surface area (Å²) in [5.74, 6) is 0.887. The average molecular weight is 223 g/mol. The van der Waals surface area contributed by atoms with E-state index in [-0.39, 0.29) is 0 Å². The van der Waals surface area contributed by atoms with Crippen molar-refractivity contribution in [3.8, 4) is 0 Å². The predicted molar refractivity (Wildman–Crippen MR) is 65.2 cm³/mol. The Bertz CT molecular complexity index is 296. The van der Waals surface area contributed by atoms with Crippen LogP contribution in [0, 0.1) is 0 Å². The highest BCUT2D eigenvalue weighted by molar-refractivity contribution is 8.00. The summed E-state index contributed by atoms with van der Waals surface area (Å²) in [4.78, 5) is 8.27. The molecule has 0 bridgehead atoms. The van der Waals surface area contributed by atoms with Crippen LogP contribution in [-0.4, -0.2) is 27.5 Å². The van der Waals surface area contributed by atoms with Gasteiger partial charge >= 0.3 is 0 Å². The molecule has 1 fully saturated rings. The Labute approximate surface area is 95.1 Å². The van der Waals surface area contributed by atoms with Crippen molar-refractivity contribution < 1.29 is 0 Å². The zero-order valence-electron chi connectivity index (χ0n) is 9.07. The van der Waals surface area contributed by atoms with Crippen molar-refractivity contribution in [3.63, 3.8) is 0 Å². The Morgan fingerprint density at radius 1 is 1.40 bits per heavy atom. The van der Waals surface area contributed by atoms with Crippen molar-refractivity contribution in [1.29, 1.82) is 0 Å². The summed E-state index contributed by atoms with van der Waals surface area (Å²) in [5.41, 5.74) is 0. The van der Waals surface area contributed by atoms with Gasteiger partial charge in [0.25, 0.3) is 0 Å². The number of hydrogen-bond donors (Lipinski definition) is 1. The summed E-state index contributed by atoms with van der Waals surface area (Å²) >= 11 is 1.99. The maximum atomic E-state index is 4.22. The first kappa shape index (κ1) is 10.7. The van der Waals surface area contributed by atoms with Gasteiger partial charge in [-0.15, -0.1) is 0 Å². The highest BCUT2D eigenvalue weighted by atomic mass is 32.2. The summed E-state index contributed by atoms with van der Waals surface area (Å²) in [7, 11) is 0. The predicted octanol–water partition coefficient (Wildman–Crippen LogP) is 2.56. The fourth-order valence-corrected chi connectivity index (χ4v) is 3.03. The minimum Gasteiger partial charge on any atom is -0.367 e. The summed E-state index contributed by atoms with van der Waals surface area (Å²) in [6, 6.07) is 0. The number of aromatic nitrogens is 2. The zero-order valence-corrected chi connectivity index (χ0v) is 9.89. The normalized spacial score (nSPS) is 19.0. The number of rotatable bonds is 4. The van der Waals surface area contributed by atoms with Crippen LogP contribution in [0.2, 0.25) is 0 Å². The second kappa shape index (κ2) is 4.84. The van der Waals surface area contributed by atoms with Crippen LogP contribution < -0.4 is 5.32 Å². The Morgan fingerprint density at radius 3 is 2.80 bits per heavy atom. The lowest BCUT2D eigenvalue weighted by Crippen LogP contribution is -2.30. The van der Waals surface area contributed by atoms with E-state index in [0.29, 0.717) is 4.75 Å². The molecule has 1 aliphatic carbocycles. The van der Waals surface area contributed by atoms with E-state index in [9.17, 15) is 0 Å². The zero-order chi connectivity index (χ0) is 10.6. The molecule has 0 unspecified atom stereocenters. The van der Waals surface area contributed by atoms with Crippen molar-refractivity contribution in [1.82, 2.24) is 9.97 Å². The van der Waals surface area contributed by atoms with Crippen LogP contribution >= 0.6 is 11.8 Å². The Balaban J connectivity index is 1.92. The highest BCUT2D eigenvalue weighted by Gasteiger charge is 2.32. The van der Waals surface area contributed by atoms with E-state index in [1.54, 1.807) is 18.6 Å². The molecular weight excluding hydrogens is 206 g/mol. The van der Waals surface area contributed by atoms with Crippen molar-refractivity contribution in [2.75, 3.05) is 18.1 Å². The summed E-state index contributed by atoms with van der Waals surface area (Å²) < 4.78 is 0.428. The van der Waals surface area contributed by atoms with Crippen LogP contribution in [0.1, 0.15) is 25.7 Å². The van der Waals surface area contributed by atoms with Crippen molar-refractivity contribution >= 4 is 17.6 Å². The molecule has 82 valence electrons. The molecule has 0 aromatic carbocycles. The molecule has 1 aliphatic rings. The molecule has 2 rings (SSSR count).